The molecule has 0 saturated carbocycles. The molecule has 5 nitrogen and oxygen atoms in total. The molecular formula is C11H15N5S. The van der Waals surface area contributed by atoms with E-state index < -0.39 is 0 Å². The molecule has 0 aliphatic heterocycles. The molecule has 0 spiro atoms. The Morgan fingerprint density at radius 1 is 1.29 bits per heavy atom. The van der Waals surface area contributed by atoms with Crippen LogP contribution in [0.3, 0.4) is 0 Å². The Bertz CT molecular complexity index is 465. The van der Waals surface area contributed by atoms with Crippen LogP contribution in [0.15, 0.2) is 29.2 Å². The normalized spacial score (nSPS) is 10.5. The van der Waals surface area contributed by atoms with Gasteiger partial charge in [-0.25, -0.2) is 0 Å². The molecule has 6 heteroatoms. The minimum Gasteiger partial charge on any atom is -0.348 e. The van der Waals surface area contributed by atoms with Gasteiger partial charge in [0.15, 0.2) is 0 Å². The number of rotatable bonds is 5. The van der Waals surface area contributed by atoms with Crippen LogP contribution in [0, 0.1) is 0 Å². The van der Waals surface area contributed by atoms with Crippen LogP contribution < -0.4 is 5.32 Å². The van der Waals surface area contributed by atoms with Crippen molar-refractivity contribution in [1.29, 1.82) is 0 Å². The van der Waals surface area contributed by atoms with Crippen molar-refractivity contribution in [3.63, 3.8) is 0 Å². The summed E-state index contributed by atoms with van der Waals surface area (Å²) in [5, 5.41) is 15.1. The largest absolute Gasteiger partial charge is 0.348 e. The predicted molar refractivity (Wildman–Crippen MR) is 69.0 cm³/mol. The summed E-state index contributed by atoms with van der Waals surface area (Å²) in [5.41, 5.74) is 1.20. The van der Waals surface area contributed by atoms with E-state index >= 15 is 0 Å². The second-order valence-electron chi connectivity index (χ2n) is 3.50. The maximum absolute atomic E-state index is 4.16. The Balaban J connectivity index is 1.92. The molecule has 90 valence electrons. The van der Waals surface area contributed by atoms with Crippen LogP contribution in [0.4, 0.5) is 5.95 Å². The van der Waals surface area contributed by atoms with Crippen LogP contribution in [-0.4, -0.2) is 26.5 Å². The first kappa shape index (κ1) is 11.9. The number of benzene rings is 1. The standard InChI is InChI=1S/C11H15N5S/c1-3-16-14-11(13-15-16)12-8-9-4-6-10(17-2)7-5-9/h4-7H,3,8H2,1-2H3,(H,12,14). The lowest BCUT2D eigenvalue weighted by molar-refractivity contribution is 0.552. The van der Waals surface area contributed by atoms with Gasteiger partial charge in [0.25, 0.3) is 5.95 Å². The number of nitrogens with one attached hydrogen (secondary N) is 1. The van der Waals surface area contributed by atoms with Crippen LogP contribution in [0.25, 0.3) is 0 Å². The first-order chi connectivity index (χ1) is 8.31. The van der Waals surface area contributed by atoms with E-state index in [1.165, 1.54) is 10.5 Å². The molecule has 0 atom stereocenters. The Morgan fingerprint density at radius 2 is 2.06 bits per heavy atom. The van der Waals surface area contributed by atoms with Gasteiger partial charge in [-0.3, -0.25) is 0 Å². The van der Waals surface area contributed by atoms with Gasteiger partial charge >= 0.3 is 0 Å². The Kier molecular flexibility index (Phi) is 3.98. The average Bonchev–Trinajstić information content (AvgIpc) is 2.85. The fraction of sp³-hybridized carbons (Fsp3) is 0.364. The summed E-state index contributed by atoms with van der Waals surface area (Å²) in [6.07, 6.45) is 2.07. The highest BCUT2D eigenvalue weighted by Crippen LogP contribution is 2.15. The zero-order valence-electron chi connectivity index (χ0n) is 9.92. The maximum Gasteiger partial charge on any atom is 0.263 e. The highest BCUT2D eigenvalue weighted by molar-refractivity contribution is 7.98. The number of aromatic nitrogens is 4. The molecular weight excluding hydrogens is 234 g/mol. The van der Waals surface area contributed by atoms with Gasteiger partial charge < -0.3 is 5.32 Å². The minimum atomic E-state index is 0.570. The molecule has 0 amide bonds. The maximum atomic E-state index is 4.16. The molecule has 1 N–H and O–H groups in total. The van der Waals surface area contributed by atoms with Crippen LogP contribution in [0.1, 0.15) is 12.5 Å². The molecule has 0 unspecified atom stereocenters. The highest BCUT2D eigenvalue weighted by atomic mass is 32.2. The van der Waals surface area contributed by atoms with Gasteiger partial charge in [0.05, 0.1) is 6.54 Å². The lowest BCUT2D eigenvalue weighted by Gasteiger charge is -2.02. The van der Waals surface area contributed by atoms with Crippen LogP contribution >= 0.6 is 11.8 Å². The quantitative estimate of drug-likeness (QED) is 0.822. The number of aryl methyl sites for hydroxylation is 1. The molecule has 0 radical (unpaired) electrons. The number of tetrazole rings is 1. The van der Waals surface area contributed by atoms with Crippen molar-refractivity contribution >= 4 is 17.7 Å². The number of anilines is 1. The summed E-state index contributed by atoms with van der Waals surface area (Å²) in [7, 11) is 0. The second kappa shape index (κ2) is 5.67. The Labute approximate surface area is 105 Å². The van der Waals surface area contributed by atoms with Crippen molar-refractivity contribution in [2.24, 2.45) is 0 Å². The van der Waals surface area contributed by atoms with E-state index in [-0.39, 0.29) is 0 Å². The van der Waals surface area contributed by atoms with Gasteiger partial charge in [0, 0.05) is 11.4 Å². The zero-order valence-corrected chi connectivity index (χ0v) is 10.7. The molecule has 0 aliphatic rings. The fourth-order valence-electron chi connectivity index (χ4n) is 1.37. The van der Waals surface area contributed by atoms with E-state index in [4.69, 9.17) is 0 Å². The molecule has 1 aromatic carbocycles. The van der Waals surface area contributed by atoms with Crippen LogP contribution in [0.5, 0.6) is 0 Å². The zero-order chi connectivity index (χ0) is 12.1. The summed E-state index contributed by atoms with van der Waals surface area (Å²) >= 11 is 1.74. The summed E-state index contributed by atoms with van der Waals surface area (Å²) in [4.78, 5) is 2.82. The van der Waals surface area contributed by atoms with E-state index in [2.05, 4.69) is 51.2 Å². The molecule has 1 heterocycles. The van der Waals surface area contributed by atoms with E-state index in [1.807, 2.05) is 6.92 Å². The second-order valence-corrected chi connectivity index (χ2v) is 4.38. The molecule has 0 fully saturated rings. The molecule has 1 aromatic heterocycles. The third-order valence-corrected chi connectivity index (χ3v) is 3.09. The summed E-state index contributed by atoms with van der Waals surface area (Å²) in [5.74, 6) is 0.570. The van der Waals surface area contributed by atoms with Gasteiger partial charge in [-0.1, -0.05) is 17.2 Å². The van der Waals surface area contributed by atoms with Crippen molar-refractivity contribution in [3.8, 4) is 0 Å². The summed E-state index contributed by atoms with van der Waals surface area (Å²) in [6, 6.07) is 8.42. The smallest absolute Gasteiger partial charge is 0.263 e. The van der Waals surface area contributed by atoms with Crippen molar-refractivity contribution in [2.45, 2.75) is 24.9 Å². The third-order valence-electron chi connectivity index (χ3n) is 2.35. The highest BCUT2D eigenvalue weighted by Gasteiger charge is 2.00. The first-order valence-electron chi connectivity index (χ1n) is 5.46. The fourth-order valence-corrected chi connectivity index (χ4v) is 1.78. The molecule has 17 heavy (non-hydrogen) atoms. The van der Waals surface area contributed by atoms with Gasteiger partial charge in [0.1, 0.15) is 0 Å². The molecule has 0 aliphatic carbocycles. The van der Waals surface area contributed by atoms with Crippen molar-refractivity contribution in [2.75, 3.05) is 11.6 Å². The number of thioether (sulfide) groups is 1. The van der Waals surface area contributed by atoms with Gasteiger partial charge in [-0.05, 0) is 36.1 Å². The Hall–Kier alpha value is -1.56. The Morgan fingerprint density at radius 3 is 2.65 bits per heavy atom. The van der Waals surface area contributed by atoms with Crippen LogP contribution in [0.2, 0.25) is 0 Å². The van der Waals surface area contributed by atoms with E-state index in [0.717, 1.165) is 6.54 Å². The summed E-state index contributed by atoms with van der Waals surface area (Å²) < 4.78 is 0. The minimum absolute atomic E-state index is 0.570. The van der Waals surface area contributed by atoms with Gasteiger partial charge in [-0.15, -0.1) is 16.9 Å². The SMILES string of the molecule is CCn1nnc(NCc2ccc(SC)cc2)n1. The first-order valence-corrected chi connectivity index (χ1v) is 6.69. The number of hydrogen-bond donors (Lipinski definition) is 1. The predicted octanol–water partition coefficient (Wildman–Crippen LogP) is 2.03. The van der Waals surface area contributed by atoms with Crippen molar-refractivity contribution in [3.05, 3.63) is 29.8 Å². The van der Waals surface area contributed by atoms with E-state index in [1.54, 1.807) is 16.6 Å². The lowest BCUT2D eigenvalue weighted by atomic mass is 10.2. The monoisotopic (exact) mass is 249 g/mol. The van der Waals surface area contributed by atoms with Gasteiger partial charge in [-0.2, -0.15) is 4.80 Å². The van der Waals surface area contributed by atoms with Gasteiger partial charge in [0.2, 0.25) is 0 Å². The lowest BCUT2D eigenvalue weighted by Crippen LogP contribution is -2.02. The molecule has 0 saturated heterocycles. The third kappa shape index (κ3) is 3.20. The van der Waals surface area contributed by atoms with E-state index in [9.17, 15) is 0 Å². The topological polar surface area (TPSA) is 55.6 Å². The average molecular weight is 249 g/mol. The molecule has 2 rings (SSSR count). The summed E-state index contributed by atoms with van der Waals surface area (Å²) in [6.45, 7) is 3.42. The molecule has 2 aromatic rings. The van der Waals surface area contributed by atoms with Crippen LogP contribution in [-0.2, 0) is 13.1 Å². The number of nitrogens with zero attached hydrogens (tertiary/aromatic N) is 4. The number of hydrogen-bond acceptors (Lipinski definition) is 5. The van der Waals surface area contributed by atoms with Crippen molar-refractivity contribution in [1.82, 2.24) is 20.2 Å². The molecule has 0 bridgehead atoms. The van der Waals surface area contributed by atoms with Crippen molar-refractivity contribution < 1.29 is 0 Å². The van der Waals surface area contributed by atoms with E-state index in [0.29, 0.717) is 12.5 Å².